The van der Waals surface area contributed by atoms with Crippen LogP contribution in [0, 0.1) is 5.41 Å². The second kappa shape index (κ2) is 4.11. The van der Waals surface area contributed by atoms with Crippen LogP contribution in [0.5, 0.6) is 11.5 Å². The highest BCUT2D eigenvalue weighted by Crippen LogP contribution is 2.38. The van der Waals surface area contributed by atoms with E-state index in [4.69, 9.17) is 26.2 Å². The van der Waals surface area contributed by atoms with Crippen molar-refractivity contribution < 1.29 is 19.4 Å². The molecule has 1 aliphatic heterocycles. The van der Waals surface area contributed by atoms with E-state index in [1.165, 1.54) is 0 Å². The number of carboxylic acids is 1. The first-order valence-corrected chi connectivity index (χ1v) is 5.59. The number of benzene rings is 1. The van der Waals surface area contributed by atoms with Crippen LogP contribution in [-0.4, -0.2) is 17.9 Å². The zero-order valence-corrected chi connectivity index (χ0v) is 10.4. The number of fused-ring (bicyclic) bond motifs is 1. The third-order valence-corrected chi connectivity index (χ3v) is 3.10. The number of rotatable bonds is 3. The van der Waals surface area contributed by atoms with E-state index in [9.17, 15) is 4.79 Å². The van der Waals surface area contributed by atoms with Crippen molar-refractivity contribution in [1.29, 1.82) is 0 Å². The molecule has 4 nitrogen and oxygen atoms in total. The molecular weight excluding hydrogens is 244 g/mol. The molecule has 0 aliphatic carbocycles. The van der Waals surface area contributed by atoms with E-state index >= 15 is 0 Å². The summed E-state index contributed by atoms with van der Waals surface area (Å²) < 4.78 is 10.4. The zero-order chi connectivity index (χ0) is 12.6. The third kappa shape index (κ3) is 2.31. The summed E-state index contributed by atoms with van der Waals surface area (Å²) in [6, 6.07) is 3.41. The quantitative estimate of drug-likeness (QED) is 0.903. The van der Waals surface area contributed by atoms with Crippen molar-refractivity contribution in [2.24, 2.45) is 5.41 Å². The summed E-state index contributed by atoms with van der Waals surface area (Å²) in [5.41, 5.74) is -0.111. The monoisotopic (exact) mass is 256 g/mol. The van der Waals surface area contributed by atoms with Gasteiger partial charge in [-0.15, -0.1) is 0 Å². The molecule has 0 amide bonds. The van der Waals surface area contributed by atoms with E-state index in [-0.39, 0.29) is 6.79 Å². The fourth-order valence-corrected chi connectivity index (χ4v) is 1.87. The summed E-state index contributed by atoms with van der Waals surface area (Å²) >= 11 is 6.09. The molecule has 0 atom stereocenters. The van der Waals surface area contributed by atoms with Gasteiger partial charge in [0.15, 0.2) is 11.5 Å². The predicted molar refractivity (Wildman–Crippen MR) is 62.7 cm³/mol. The van der Waals surface area contributed by atoms with Gasteiger partial charge in [-0.05, 0) is 31.9 Å². The van der Waals surface area contributed by atoms with E-state index in [0.29, 0.717) is 22.9 Å². The Bertz CT molecular complexity index is 468. The van der Waals surface area contributed by atoms with Gasteiger partial charge in [0.25, 0.3) is 0 Å². The first-order chi connectivity index (χ1) is 7.90. The molecule has 17 heavy (non-hydrogen) atoms. The summed E-state index contributed by atoms with van der Waals surface area (Å²) in [6.07, 6.45) is 0.345. The lowest BCUT2D eigenvalue weighted by Crippen LogP contribution is -2.26. The highest BCUT2D eigenvalue weighted by molar-refractivity contribution is 6.31. The zero-order valence-electron chi connectivity index (χ0n) is 9.62. The lowest BCUT2D eigenvalue weighted by molar-refractivity contribution is -0.146. The topological polar surface area (TPSA) is 55.8 Å². The number of carboxylic acid groups (broad SMARTS) is 1. The molecule has 92 valence electrons. The molecule has 0 bridgehead atoms. The minimum Gasteiger partial charge on any atom is -0.481 e. The molecule has 0 fully saturated rings. The Balaban J connectivity index is 2.31. The van der Waals surface area contributed by atoms with E-state index in [0.717, 1.165) is 5.56 Å². The first-order valence-electron chi connectivity index (χ1n) is 5.21. The van der Waals surface area contributed by atoms with E-state index in [2.05, 4.69) is 0 Å². The van der Waals surface area contributed by atoms with Crippen LogP contribution in [0.1, 0.15) is 19.4 Å². The van der Waals surface area contributed by atoms with Crippen LogP contribution in [0.2, 0.25) is 5.02 Å². The molecule has 0 spiro atoms. The van der Waals surface area contributed by atoms with E-state index < -0.39 is 11.4 Å². The van der Waals surface area contributed by atoms with Gasteiger partial charge in [0.2, 0.25) is 6.79 Å². The highest BCUT2D eigenvalue weighted by atomic mass is 35.5. The Morgan fingerprint density at radius 1 is 1.41 bits per heavy atom. The number of hydrogen-bond acceptors (Lipinski definition) is 3. The molecule has 5 heteroatoms. The molecule has 1 heterocycles. The molecule has 0 saturated heterocycles. The molecule has 1 N–H and O–H groups in total. The number of carbonyl (C=O) groups is 1. The average Bonchev–Trinajstić information content (AvgIpc) is 2.64. The standard InChI is InChI=1S/C12H13ClO4/c1-12(2,11(14)15)5-7-3-9-10(4-8(7)13)17-6-16-9/h3-4H,5-6H2,1-2H3,(H,14,15). The number of ether oxygens (including phenoxy) is 2. The maximum Gasteiger partial charge on any atom is 0.309 e. The molecule has 0 aromatic heterocycles. The van der Waals surface area contributed by atoms with Crippen molar-refractivity contribution >= 4 is 17.6 Å². The maximum absolute atomic E-state index is 11.1. The summed E-state index contributed by atoms with van der Waals surface area (Å²) in [4.78, 5) is 11.1. The summed E-state index contributed by atoms with van der Waals surface area (Å²) in [5, 5.41) is 9.59. The predicted octanol–water partition coefficient (Wildman–Crippen LogP) is 2.72. The molecule has 1 aromatic rings. The number of hydrogen-bond donors (Lipinski definition) is 1. The van der Waals surface area contributed by atoms with Crippen molar-refractivity contribution in [2.45, 2.75) is 20.3 Å². The third-order valence-electron chi connectivity index (χ3n) is 2.75. The smallest absolute Gasteiger partial charge is 0.309 e. The fourth-order valence-electron chi connectivity index (χ4n) is 1.65. The Morgan fingerprint density at radius 3 is 2.59 bits per heavy atom. The van der Waals surface area contributed by atoms with Gasteiger partial charge in [0.1, 0.15) is 0 Å². The molecule has 0 radical (unpaired) electrons. The summed E-state index contributed by atoms with van der Waals surface area (Å²) in [7, 11) is 0. The minimum atomic E-state index is -0.864. The summed E-state index contributed by atoms with van der Waals surface area (Å²) in [5.74, 6) is 0.365. The SMILES string of the molecule is CC(C)(Cc1cc2c(cc1Cl)OCO2)C(=O)O. The van der Waals surface area contributed by atoms with Gasteiger partial charge in [-0.2, -0.15) is 0 Å². The van der Waals surface area contributed by atoms with Crippen LogP contribution in [0.4, 0.5) is 0 Å². The molecule has 0 unspecified atom stereocenters. The fraction of sp³-hybridized carbons (Fsp3) is 0.417. The largest absolute Gasteiger partial charge is 0.481 e. The van der Waals surface area contributed by atoms with Gasteiger partial charge >= 0.3 is 5.97 Å². The Hall–Kier alpha value is -1.42. The van der Waals surface area contributed by atoms with Crippen LogP contribution >= 0.6 is 11.6 Å². The number of aliphatic carboxylic acids is 1. The Kier molecular flexibility index (Phi) is 2.91. The molecule has 1 aliphatic rings. The van der Waals surface area contributed by atoms with Crippen LogP contribution in [0.15, 0.2) is 12.1 Å². The van der Waals surface area contributed by atoms with Crippen molar-refractivity contribution in [3.05, 3.63) is 22.7 Å². The normalized spacial score (nSPS) is 13.8. The van der Waals surface area contributed by atoms with Crippen LogP contribution in [0.3, 0.4) is 0 Å². The van der Waals surface area contributed by atoms with Gasteiger partial charge in [-0.25, -0.2) is 0 Å². The van der Waals surface area contributed by atoms with Crippen molar-refractivity contribution in [3.8, 4) is 11.5 Å². The van der Waals surface area contributed by atoms with Crippen molar-refractivity contribution in [2.75, 3.05) is 6.79 Å². The Labute approximate surface area is 104 Å². The average molecular weight is 257 g/mol. The van der Waals surface area contributed by atoms with Gasteiger partial charge < -0.3 is 14.6 Å². The van der Waals surface area contributed by atoms with Gasteiger partial charge in [-0.3, -0.25) is 4.79 Å². The van der Waals surface area contributed by atoms with E-state index in [1.807, 2.05) is 0 Å². The lowest BCUT2D eigenvalue weighted by atomic mass is 9.86. The van der Waals surface area contributed by atoms with Crippen LogP contribution in [-0.2, 0) is 11.2 Å². The number of halogens is 1. The minimum absolute atomic E-state index is 0.178. The van der Waals surface area contributed by atoms with Crippen molar-refractivity contribution in [3.63, 3.8) is 0 Å². The molecule has 2 rings (SSSR count). The second-order valence-corrected chi connectivity index (χ2v) is 5.07. The van der Waals surface area contributed by atoms with E-state index in [1.54, 1.807) is 26.0 Å². The molecule has 0 saturated carbocycles. The molecular formula is C12H13ClO4. The van der Waals surface area contributed by atoms with Crippen LogP contribution < -0.4 is 9.47 Å². The van der Waals surface area contributed by atoms with Crippen LogP contribution in [0.25, 0.3) is 0 Å². The van der Waals surface area contributed by atoms with Gasteiger partial charge in [-0.1, -0.05) is 11.6 Å². The highest BCUT2D eigenvalue weighted by Gasteiger charge is 2.29. The lowest BCUT2D eigenvalue weighted by Gasteiger charge is -2.19. The van der Waals surface area contributed by atoms with Crippen molar-refractivity contribution in [1.82, 2.24) is 0 Å². The van der Waals surface area contributed by atoms with Gasteiger partial charge in [0.05, 0.1) is 5.41 Å². The Morgan fingerprint density at radius 2 is 2.00 bits per heavy atom. The van der Waals surface area contributed by atoms with Gasteiger partial charge in [0, 0.05) is 11.1 Å². The maximum atomic E-state index is 11.1. The summed E-state index contributed by atoms with van der Waals surface area (Å²) in [6.45, 7) is 3.50. The second-order valence-electron chi connectivity index (χ2n) is 4.66. The first kappa shape index (κ1) is 12.0. The molecule has 1 aromatic carbocycles.